The molecule has 39 heavy (non-hydrogen) atoms. The second-order valence-corrected chi connectivity index (χ2v) is 10.1. The molecule has 0 radical (unpaired) electrons. The molecule has 8 heteroatoms. The van der Waals surface area contributed by atoms with Crippen molar-refractivity contribution in [3.05, 3.63) is 124 Å². The number of halogens is 1. The number of aliphatic imine (C=N–C) groups is 1. The molecule has 2 heterocycles. The van der Waals surface area contributed by atoms with Gasteiger partial charge in [-0.25, -0.2) is 14.2 Å². The molecule has 6 nitrogen and oxygen atoms in total. The van der Waals surface area contributed by atoms with Crippen LogP contribution >= 0.6 is 11.8 Å². The average Bonchev–Trinajstić information content (AvgIpc) is 3.34. The van der Waals surface area contributed by atoms with Gasteiger partial charge in [0.25, 0.3) is 0 Å². The number of amides is 1. The monoisotopic (exact) mass is 541 g/mol. The highest BCUT2D eigenvalue weighted by atomic mass is 32.2. The number of rotatable bonds is 8. The summed E-state index contributed by atoms with van der Waals surface area (Å²) in [4.78, 5) is 33.4. The molecule has 3 aromatic rings. The summed E-state index contributed by atoms with van der Waals surface area (Å²) in [7, 11) is 0. The van der Waals surface area contributed by atoms with Crippen molar-refractivity contribution in [3.8, 4) is 0 Å². The molecule has 198 valence electrons. The molecule has 2 aliphatic rings. The van der Waals surface area contributed by atoms with E-state index in [-0.39, 0.29) is 31.3 Å². The predicted octanol–water partition coefficient (Wildman–Crippen LogP) is 6.12. The number of amidine groups is 1. The van der Waals surface area contributed by atoms with E-state index in [4.69, 9.17) is 9.73 Å². The molecule has 1 atom stereocenters. The second kappa shape index (κ2) is 11.7. The van der Waals surface area contributed by atoms with Crippen LogP contribution in [0.5, 0.6) is 0 Å². The van der Waals surface area contributed by atoms with Gasteiger partial charge < -0.3 is 15.0 Å². The van der Waals surface area contributed by atoms with Crippen molar-refractivity contribution in [2.45, 2.75) is 32.9 Å². The van der Waals surface area contributed by atoms with Gasteiger partial charge in [0, 0.05) is 17.8 Å². The van der Waals surface area contributed by atoms with Crippen molar-refractivity contribution in [3.63, 3.8) is 0 Å². The van der Waals surface area contributed by atoms with Crippen LogP contribution in [0.4, 0.5) is 4.39 Å². The summed E-state index contributed by atoms with van der Waals surface area (Å²) in [6, 6.07) is 23.1. The van der Waals surface area contributed by atoms with E-state index in [1.54, 1.807) is 19.1 Å². The highest BCUT2D eigenvalue weighted by Crippen LogP contribution is 2.47. The summed E-state index contributed by atoms with van der Waals surface area (Å²) in [5, 5.41) is 5.51. The van der Waals surface area contributed by atoms with E-state index >= 15 is 0 Å². The first kappa shape index (κ1) is 26.4. The molecule has 0 aromatic heterocycles. The van der Waals surface area contributed by atoms with Crippen LogP contribution in [0.15, 0.2) is 101 Å². The van der Waals surface area contributed by atoms with Crippen LogP contribution < -0.4 is 5.32 Å². The number of aryl methyl sites for hydroxylation is 1. The third-order valence-electron chi connectivity index (χ3n) is 6.46. The molecular formula is C31H28FN3O3S. The Bertz CT molecular complexity index is 1480. The first-order valence-corrected chi connectivity index (χ1v) is 13.6. The third kappa shape index (κ3) is 5.81. The zero-order valence-electron chi connectivity index (χ0n) is 21.7. The minimum Gasteiger partial charge on any atom is -0.463 e. The maximum absolute atomic E-state index is 13.5. The molecule has 5 rings (SSSR count). The maximum atomic E-state index is 13.5. The molecule has 0 saturated carbocycles. The molecule has 1 N–H and O–H groups in total. The second-order valence-electron chi connectivity index (χ2n) is 9.24. The average molecular weight is 542 g/mol. The molecular weight excluding hydrogens is 513 g/mol. The normalized spacial score (nSPS) is 16.4. The Morgan fingerprint density at radius 1 is 1.05 bits per heavy atom. The van der Waals surface area contributed by atoms with Crippen molar-refractivity contribution in [1.82, 2.24) is 10.2 Å². The highest BCUT2D eigenvalue weighted by Gasteiger charge is 2.42. The standard InChI is InChI=1S/C31H28FN3O3S/c1-3-38-30(37)27-28(22-9-5-4-6-10-22)34-31-35(29(27)23-11-7-8-20(2)16-23)25(19-39-31)17-26(36)33-18-21-12-14-24(32)15-13-21/h4-16,19,29H,3,17-18H2,1-2H3,(H,33,36)/t29-/m0/s1. The number of carbonyl (C=O) groups excluding carboxylic acids is 2. The lowest BCUT2D eigenvalue weighted by Gasteiger charge is -2.37. The Balaban J connectivity index is 1.51. The first-order chi connectivity index (χ1) is 18.9. The third-order valence-corrected chi connectivity index (χ3v) is 7.34. The fourth-order valence-electron chi connectivity index (χ4n) is 4.67. The first-order valence-electron chi connectivity index (χ1n) is 12.7. The number of nitrogens with one attached hydrogen (secondary N) is 1. The van der Waals surface area contributed by atoms with Gasteiger partial charge in [-0.1, -0.05) is 84.1 Å². The molecule has 0 saturated heterocycles. The predicted molar refractivity (Wildman–Crippen MR) is 152 cm³/mol. The fraction of sp³-hybridized carbons (Fsp3) is 0.194. The van der Waals surface area contributed by atoms with Crippen LogP contribution in [0.1, 0.15) is 41.6 Å². The Morgan fingerprint density at radius 3 is 2.54 bits per heavy atom. The summed E-state index contributed by atoms with van der Waals surface area (Å²) in [6.45, 7) is 4.30. The Hall–Kier alpha value is -4.17. The number of thioether (sulfide) groups is 1. The Labute approximate surface area is 231 Å². The van der Waals surface area contributed by atoms with Gasteiger partial charge >= 0.3 is 5.97 Å². The van der Waals surface area contributed by atoms with Gasteiger partial charge in [0.15, 0.2) is 5.17 Å². The van der Waals surface area contributed by atoms with E-state index in [1.165, 1.54) is 23.9 Å². The van der Waals surface area contributed by atoms with E-state index in [0.29, 0.717) is 16.4 Å². The van der Waals surface area contributed by atoms with Crippen molar-refractivity contribution in [2.75, 3.05) is 6.61 Å². The number of carbonyl (C=O) groups is 2. The maximum Gasteiger partial charge on any atom is 0.338 e. The number of nitrogens with zero attached hydrogens (tertiary/aromatic N) is 2. The summed E-state index contributed by atoms with van der Waals surface area (Å²) in [6.07, 6.45) is 0.0896. The number of hydrogen-bond acceptors (Lipinski definition) is 6. The van der Waals surface area contributed by atoms with Gasteiger partial charge in [0.1, 0.15) is 5.82 Å². The van der Waals surface area contributed by atoms with Crippen molar-refractivity contribution in [2.24, 2.45) is 4.99 Å². The van der Waals surface area contributed by atoms with E-state index in [2.05, 4.69) is 5.32 Å². The van der Waals surface area contributed by atoms with Crippen LogP contribution in [-0.4, -0.2) is 28.6 Å². The lowest BCUT2D eigenvalue weighted by Crippen LogP contribution is -2.38. The van der Waals surface area contributed by atoms with Gasteiger partial charge in [-0.15, -0.1) is 0 Å². The summed E-state index contributed by atoms with van der Waals surface area (Å²) >= 11 is 1.43. The fourth-order valence-corrected chi connectivity index (χ4v) is 5.59. The number of esters is 1. The molecule has 0 aliphatic carbocycles. The molecule has 0 unspecified atom stereocenters. The molecule has 0 spiro atoms. The van der Waals surface area contributed by atoms with Gasteiger partial charge in [-0.2, -0.15) is 0 Å². The summed E-state index contributed by atoms with van der Waals surface area (Å²) < 4.78 is 18.8. The lowest BCUT2D eigenvalue weighted by molar-refractivity contribution is -0.139. The van der Waals surface area contributed by atoms with Crippen molar-refractivity contribution >= 4 is 34.5 Å². The van der Waals surface area contributed by atoms with E-state index in [1.807, 2.05) is 71.8 Å². The number of hydrogen-bond donors (Lipinski definition) is 1. The zero-order chi connectivity index (χ0) is 27.4. The Morgan fingerprint density at radius 2 is 1.82 bits per heavy atom. The summed E-state index contributed by atoms with van der Waals surface area (Å²) in [5.74, 6) is -0.953. The van der Waals surface area contributed by atoms with Crippen LogP contribution in [0, 0.1) is 12.7 Å². The smallest absolute Gasteiger partial charge is 0.338 e. The SMILES string of the molecule is CCOC(=O)C1=C(c2ccccc2)N=C2SC=C(CC(=O)NCc3ccc(F)cc3)N2[C@H]1c1cccc(C)c1. The minimum absolute atomic E-state index is 0.0896. The molecule has 2 aliphatic heterocycles. The van der Waals surface area contributed by atoms with Gasteiger partial charge in [0.2, 0.25) is 5.91 Å². The lowest BCUT2D eigenvalue weighted by atomic mass is 9.90. The van der Waals surface area contributed by atoms with Crippen LogP contribution in [0.2, 0.25) is 0 Å². The minimum atomic E-state index is -0.530. The van der Waals surface area contributed by atoms with Crippen LogP contribution in [0.25, 0.3) is 5.70 Å². The molecule has 0 bridgehead atoms. The Kier molecular flexibility index (Phi) is 7.93. The van der Waals surface area contributed by atoms with Gasteiger partial charge in [-0.05, 0) is 42.5 Å². The van der Waals surface area contributed by atoms with Gasteiger partial charge in [-0.3, -0.25) is 4.79 Å². The number of benzene rings is 3. The quantitative estimate of drug-likeness (QED) is 0.348. The molecule has 3 aromatic carbocycles. The topological polar surface area (TPSA) is 71.0 Å². The number of ether oxygens (including phenoxy) is 1. The van der Waals surface area contributed by atoms with Crippen LogP contribution in [0.3, 0.4) is 0 Å². The van der Waals surface area contributed by atoms with Crippen molar-refractivity contribution < 1.29 is 18.7 Å². The largest absolute Gasteiger partial charge is 0.463 e. The van der Waals surface area contributed by atoms with E-state index in [0.717, 1.165) is 28.0 Å². The molecule has 0 fully saturated rings. The van der Waals surface area contributed by atoms with Gasteiger partial charge in [0.05, 0.1) is 30.3 Å². The number of fused-ring (bicyclic) bond motifs is 1. The van der Waals surface area contributed by atoms with E-state index in [9.17, 15) is 14.0 Å². The van der Waals surface area contributed by atoms with Crippen molar-refractivity contribution in [1.29, 1.82) is 0 Å². The zero-order valence-corrected chi connectivity index (χ0v) is 22.5. The van der Waals surface area contributed by atoms with Crippen LogP contribution in [-0.2, 0) is 20.9 Å². The van der Waals surface area contributed by atoms with E-state index < -0.39 is 12.0 Å². The highest BCUT2D eigenvalue weighted by molar-refractivity contribution is 8.16. The summed E-state index contributed by atoms with van der Waals surface area (Å²) in [5.41, 5.74) is 5.30. The molecule has 1 amide bonds.